The lowest BCUT2D eigenvalue weighted by atomic mass is 9.94. The molecule has 8 aromatic carbocycles. The van der Waals surface area contributed by atoms with Crippen LogP contribution in [-0.4, -0.2) is 15.0 Å². The van der Waals surface area contributed by atoms with E-state index in [4.69, 9.17) is 15.0 Å². The Bertz CT molecular complexity index is 2550. The molecule has 204 valence electrons. The van der Waals surface area contributed by atoms with Crippen LogP contribution in [0.1, 0.15) is 0 Å². The minimum absolute atomic E-state index is 0.659. The predicted octanol–water partition coefficient (Wildman–Crippen LogP) is 10.6. The molecule has 0 spiro atoms. The lowest BCUT2D eigenvalue weighted by Gasteiger charge is -2.13. The van der Waals surface area contributed by atoms with Crippen molar-refractivity contribution in [3.63, 3.8) is 0 Å². The maximum Gasteiger partial charge on any atom is 0.164 e. The normalized spacial score (nSPS) is 11.6. The highest BCUT2D eigenvalue weighted by Gasteiger charge is 2.16. The van der Waals surface area contributed by atoms with E-state index in [0.717, 1.165) is 32.8 Å². The minimum Gasteiger partial charge on any atom is -0.208 e. The van der Waals surface area contributed by atoms with Crippen molar-refractivity contribution in [1.29, 1.82) is 0 Å². The molecule has 44 heavy (non-hydrogen) atoms. The van der Waals surface area contributed by atoms with Gasteiger partial charge in [0, 0.05) is 22.1 Å². The SMILES string of the molecule is c1ccc(-c2nc(-c3ccc4c(ccc5ccccc54)c3)nc(-c3cccc4ccc5c6ccccc6ccc5c34)n2)cc1. The average molecular weight is 560 g/mol. The Morgan fingerprint density at radius 2 is 0.841 bits per heavy atom. The van der Waals surface area contributed by atoms with E-state index in [0.29, 0.717) is 17.5 Å². The summed E-state index contributed by atoms with van der Waals surface area (Å²) in [4.78, 5) is 15.3. The molecule has 0 saturated heterocycles. The fourth-order valence-electron chi connectivity index (χ4n) is 6.56. The van der Waals surface area contributed by atoms with Gasteiger partial charge in [-0.3, -0.25) is 0 Å². The second kappa shape index (κ2) is 9.82. The van der Waals surface area contributed by atoms with Crippen molar-refractivity contribution in [2.75, 3.05) is 0 Å². The summed E-state index contributed by atoms with van der Waals surface area (Å²) in [7, 11) is 0. The molecule has 0 fully saturated rings. The van der Waals surface area contributed by atoms with Crippen molar-refractivity contribution in [2.45, 2.75) is 0 Å². The first-order chi connectivity index (χ1) is 21.8. The van der Waals surface area contributed by atoms with E-state index in [1.165, 1.54) is 37.7 Å². The zero-order chi connectivity index (χ0) is 29.0. The van der Waals surface area contributed by atoms with Gasteiger partial charge in [-0.2, -0.15) is 0 Å². The molecule has 1 heterocycles. The Morgan fingerprint density at radius 3 is 1.66 bits per heavy atom. The van der Waals surface area contributed by atoms with Gasteiger partial charge in [-0.1, -0.05) is 146 Å². The first kappa shape index (κ1) is 24.6. The average Bonchev–Trinajstić information content (AvgIpc) is 3.11. The lowest BCUT2D eigenvalue weighted by Crippen LogP contribution is -2.00. The first-order valence-corrected chi connectivity index (χ1v) is 14.9. The smallest absolute Gasteiger partial charge is 0.164 e. The minimum atomic E-state index is 0.659. The zero-order valence-corrected chi connectivity index (χ0v) is 23.8. The maximum atomic E-state index is 5.17. The van der Waals surface area contributed by atoms with Gasteiger partial charge in [0.05, 0.1) is 0 Å². The molecular formula is C41H25N3. The molecule has 0 aliphatic heterocycles. The van der Waals surface area contributed by atoms with Gasteiger partial charge in [0.25, 0.3) is 0 Å². The van der Waals surface area contributed by atoms with E-state index in [1.807, 2.05) is 18.2 Å². The fourth-order valence-corrected chi connectivity index (χ4v) is 6.56. The Kier molecular flexibility index (Phi) is 5.50. The van der Waals surface area contributed by atoms with Crippen LogP contribution in [0.25, 0.3) is 88.0 Å². The second-order valence-electron chi connectivity index (χ2n) is 11.2. The number of rotatable bonds is 3. The van der Waals surface area contributed by atoms with Gasteiger partial charge in [0.2, 0.25) is 0 Å². The third-order valence-corrected chi connectivity index (χ3v) is 8.68. The molecule has 0 unspecified atom stereocenters. The number of fused-ring (bicyclic) bond motifs is 8. The van der Waals surface area contributed by atoms with Crippen molar-refractivity contribution in [1.82, 2.24) is 15.0 Å². The van der Waals surface area contributed by atoms with Crippen LogP contribution in [0, 0.1) is 0 Å². The zero-order valence-electron chi connectivity index (χ0n) is 23.8. The van der Waals surface area contributed by atoms with E-state index >= 15 is 0 Å². The molecule has 0 radical (unpaired) electrons. The summed E-state index contributed by atoms with van der Waals surface area (Å²) in [6, 6.07) is 53.4. The van der Waals surface area contributed by atoms with Crippen LogP contribution >= 0.6 is 0 Å². The highest BCUT2D eigenvalue weighted by molar-refractivity contribution is 6.20. The molecule has 1 aromatic heterocycles. The van der Waals surface area contributed by atoms with E-state index in [1.54, 1.807) is 0 Å². The summed E-state index contributed by atoms with van der Waals surface area (Å²) in [5.41, 5.74) is 2.92. The largest absolute Gasteiger partial charge is 0.208 e. The number of benzene rings is 8. The van der Waals surface area contributed by atoms with E-state index < -0.39 is 0 Å². The van der Waals surface area contributed by atoms with Crippen molar-refractivity contribution in [3.05, 3.63) is 152 Å². The second-order valence-corrected chi connectivity index (χ2v) is 11.2. The van der Waals surface area contributed by atoms with Gasteiger partial charge in [-0.15, -0.1) is 0 Å². The van der Waals surface area contributed by atoms with Crippen molar-refractivity contribution < 1.29 is 0 Å². The summed E-state index contributed by atoms with van der Waals surface area (Å²) in [6.07, 6.45) is 0. The summed E-state index contributed by atoms with van der Waals surface area (Å²) in [5.74, 6) is 1.98. The Labute approximate surface area is 254 Å². The molecule has 0 bridgehead atoms. The Hall–Kier alpha value is -5.93. The summed E-state index contributed by atoms with van der Waals surface area (Å²) in [5, 5.41) is 12.1. The van der Waals surface area contributed by atoms with Crippen LogP contribution in [0.2, 0.25) is 0 Å². The highest BCUT2D eigenvalue weighted by Crippen LogP contribution is 2.37. The topological polar surface area (TPSA) is 38.7 Å². The number of hydrogen-bond donors (Lipinski definition) is 0. The Morgan fingerprint density at radius 1 is 0.295 bits per heavy atom. The van der Waals surface area contributed by atoms with E-state index in [-0.39, 0.29) is 0 Å². The van der Waals surface area contributed by atoms with Crippen LogP contribution in [0.5, 0.6) is 0 Å². The van der Waals surface area contributed by atoms with Crippen LogP contribution < -0.4 is 0 Å². The van der Waals surface area contributed by atoms with Crippen LogP contribution in [-0.2, 0) is 0 Å². The van der Waals surface area contributed by atoms with E-state index in [9.17, 15) is 0 Å². The van der Waals surface area contributed by atoms with Crippen LogP contribution in [0.15, 0.2) is 152 Å². The molecule has 3 heteroatoms. The molecule has 0 aliphatic carbocycles. The van der Waals surface area contributed by atoms with Gasteiger partial charge in [0.15, 0.2) is 17.5 Å². The molecule has 0 aliphatic rings. The van der Waals surface area contributed by atoms with Gasteiger partial charge in [-0.05, 0) is 54.5 Å². The molecular weight excluding hydrogens is 534 g/mol. The molecule has 9 aromatic rings. The third-order valence-electron chi connectivity index (χ3n) is 8.68. The Balaban J connectivity index is 1.31. The molecule has 0 atom stereocenters. The fraction of sp³-hybridized carbons (Fsp3) is 0. The van der Waals surface area contributed by atoms with Gasteiger partial charge in [-0.25, -0.2) is 15.0 Å². The molecule has 3 nitrogen and oxygen atoms in total. The van der Waals surface area contributed by atoms with Gasteiger partial charge in [0.1, 0.15) is 0 Å². The summed E-state index contributed by atoms with van der Waals surface area (Å²) >= 11 is 0. The first-order valence-electron chi connectivity index (χ1n) is 14.9. The highest BCUT2D eigenvalue weighted by atomic mass is 15.0. The molecule has 0 amide bonds. The van der Waals surface area contributed by atoms with Gasteiger partial charge < -0.3 is 0 Å². The predicted molar refractivity (Wildman–Crippen MR) is 184 cm³/mol. The third kappa shape index (κ3) is 3.94. The number of nitrogens with zero attached hydrogens (tertiary/aromatic N) is 3. The molecule has 9 rings (SSSR count). The number of hydrogen-bond acceptors (Lipinski definition) is 3. The maximum absolute atomic E-state index is 5.17. The summed E-state index contributed by atoms with van der Waals surface area (Å²) < 4.78 is 0. The lowest BCUT2D eigenvalue weighted by molar-refractivity contribution is 1.08. The standard InChI is InChI=1S/C41H25N3/c1-2-11-29(12-3-1)39-42-40(31-21-22-34-30(25-31)18-17-26-9-4-6-14-32(26)34)44-41(43-39)37-16-8-13-28-20-23-35-33-15-7-5-10-27(33)19-24-36(35)38(28)37/h1-25H. The molecule has 0 saturated carbocycles. The van der Waals surface area contributed by atoms with E-state index in [2.05, 4.69) is 133 Å². The van der Waals surface area contributed by atoms with Gasteiger partial charge >= 0.3 is 0 Å². The van der Waals surface area contributed by atoms with Crippen LogP contribution in [0.4, 0.5) is 0 Å². The quantitative estimate of drug-likeness (QED) is 0.202. The van der Waals surface area contributed by atoms with Crippen molar-refractivity contribution >= 4 is 53.9 Å². The monoisotopic (exact) mass is 559 g/mol. The van der Waals surface area contributed by atoms with Crippen LogP contribution in [0.3, 0.4) is 0 Å². The van der Waals surface area contributed by atoms with Crippen molar-refractivity contribution in [3.8, 4) is 34.2 Å². The molecule has 0 N–H and O–H groups in total. The van der Waals surface area contributed by atoms with Crippen molar-refractivity contribution in [2.24, 2.45) is 0 Å². The summed E-state index contributed by atoms with van der Waals surface area (Å²) in [6.45, 7) is 0. The number of aromatic nitrogens is 3.